The number of aryl methyl sites for hydroxylation is 2. The Balaban J connectivity index is 1.69. The van der Waals surface area contributed by atoms with Crippen molar-refractivity contribution in [1.82, 2.24) is 20.2 Å². The highest BCUT2D eigenvalue weighted by molar-refractivity contribution is 8.00. The minimum atomic E-state index is -4.58. The monoisotopic (exact) mass is 517 g/mol. The van der Waals surface area contributed by atoms with E-state index in [2.05, 4.69) is 20.8 Å². The molecule has 0 spiro atoms. The van der Waals surface area contributed by atoms with Crippen molar-refractivity contribution in [3.8, 4) is 5.69 Å². The minimum absolute atomic E-state index is 0.0108. The van der Waals surface area contributed by atoms with Crippen LogP contribution in [0.3, 0.4) is 0 Å². The quantitative estimate of drug-likeness (QED) is 0.299. The average molecular weight is 518 g/mol. The van der Waals surface area contributed by atoms with Crippen molar-refractivity contribution in [2.45, 2.75) is 30.4 Å². The predicted molar refractivity (Wildman–Crippen MR) is 129 cm³/mol. The van der Waals surface area contributed by atoms with Gasteiger partial charge in [0.25, 0.3) is 0 Å². The third-order valence-electron chi connectivity index (χ3n) is 5.15. The van der Waals surface area contributed by atoms with Crippen molar-refractivity contribution >= 4 is 35.0 Å². The van der Waals surface area contributed by atoms with E-state index in [9.17, 15) is 18.0 Å². The largest absolute Gasteiger partial charge is 0.416 e. The molecule has 1 aromatic heterocycles. The standard InChI is InChI=1S/C24H19ClF3N5OS/c1-14-8-9-15(2)20(12-14)33-23(30-31-32-33)35-21(16-6-4-3-5-7-16)22(34)29-19-13-17(24(26,27)28)10-11-18(19)25/h3-13,21H,1-2H3,(H,29,34)/t21-/m1/s1. The number of rotatable bonds is 6. The smallest absolute Gasteiger partial charge is 0.323 e. The van der Waals surface area contributed by atoms with Gasteiger partial charge in [0.1, 0.15) is 5.25 Å². The van der Waals surface area contributed by atoms with Crippen LogP contribution in [0.15, 0.2) is 71.9 Å². The van der Waals surface area contributed by atoms with Crippen molar-refractivity contribution in [2.24, 2.45) is 0 Å². The Bertz CT molecular complexity index is 1360. The molecule has 4 rings (SSSR count). The van der Waals surface area contributed by atoms with Crippen molar-refractivity contribution in [1.29, 1.82) is 0 Å². The molecule has 1 N–H and O–H groups in total. The number of hydrogen-bond donors (Lipinski definition) is 1. The summed E-state index contributed by atoms with van der Waals surface area (Å²) in [7, 11) is 0. The molecule has 0 fully saturated rings. The molecule has 1 atom stereocenters. The molecular formula is C24H19ClF3N5OS. The van der Waals surface area contributed by atoms with E-state index < -0.39 is 22.9 Å². The second kappa shape index (κ2) is 10.1. The number of halogens is 4. The van der Waals surface area contributed by atoms with Gasteiger partial charge >= 0.3 is 6.18 Å². The fraction of sp³-hybridized carbons (Fsp3) is 0.167. The Morgan fingerprint density at radius 2 is 1.80 bits per heavy atom. The molecule has 1 heterocycles. The average Bonchev–Trinajstić information content (AvgIpc) is 3.28. The first-order valence-corrected chi connectivity index (χ1v) is 11.6. The number of nitrogens with one attached hydrogen (secondary N) is 1. The van der Waals surface area contributed by atoms with Gasteiger partial charge in [0, 0.05) is 0 Å². The summed E-state index contributed by atoms with van der Waals surface area (Å²) in [5.41, 5.74) is 2.26. The van der Waals surface area contributed by atoms with Crippen LogP contribution in [0.1, 0.15) is 27.5 Å². The molecule has 0 saturated carbocycles. The molecule has 0 unspecified atom stereocenters. The summed E-state index contributed by atoms with van der Waals surface area (Å²) in [6, 6.07) is 17.4. The molecule has 0 radical (unpaired) electrons. The molecule has 35 heavy (non-hydrogen) atoms. The number of carbonyl (C=O) groups is 1. The Labute approximate surface area is 208 Å². The number of hydrogen-bond acceptors (Lipinski definition) is 5. The number of carbonyl (C=O) groups excluding carboxylic acids is 1. The molecule has 6 nitrogen and oxygen atoms in total. The van der Waals surface area contributed by atoms with Crippen LogP contribution in [0.25, 0.3) is 5.69 Å². The Morgan fingerprint density at radius 3 is 2.51 bits per heavy atom. The zero-order valence-electron chi connectivity index (χ0n) is 18.5. The summed E-state index contributed by atoms with van der Waals surface area (Å²) in [5, 5.41) is 14.0. The molecular weight excluding hydrogens is 499 g/mol. The van der Waals surface area contributed by atoms with Crippen LogP contribution < -0.4 is 5.32 Å². The number of anilines is 1. The van der Waals surface area contributed by atoms with E-state index in [1.807, 2.05) is 32.0 Å². The topological polar surface area (TPSA) is 72.7 Å². The second-order valence-electron chi connectivity index (χ2n) is 7.75. The molecule has 0 saturated heterocycles. The molecule has 4 aromatic rings. The lowest BCUT2D eigenvalue weighted by Crippen LogP contribution is -2.20. The van der Waals surface area contributed by atoms with Gasteiger partial charge < -0.3 is 5.32 Å². The van der Waals surface area contributed by atoms with Gasteiger partial charge in [0.2, 0.25) is 11.1 Å². The summed E-state index contributed by atoms with van der Waals surface area (Å²) < 4.78 is 41.1. The molecule has 3 aromatic carbocycles. The van der Waals surface area contributed by atoms with Gasteiger partial charge in [-0.15, -0.1) is 5.10 Å². The zero-order valence-corrected chi connectivity index (χ0v) is 20.1. The normalized spacial score (nSPS) is 12.4. The number of alkyl halides is 3. The summed E-state index contributed by atoms with van der Waals surface area (Å²) >= 11 is 7.17. The van der Waals surface area contributed by atoms with E-state index in [4.69, 9.17) is 11.6 Å². The summed E-state index contributed by atoms with van der Waals surface area (Å²) in [6.45, 7) is 3.86. The Hall–Kier alpha value is -3.37. The highest BCUT2D eigenvalue weighted by Gasteiger charge is 2.32. The van der Waals surface area contributed by atoms with E-state index in [1.54, 1.807) is 30.3 Å². The number of thioether (sulfide) groups is 1. The summed E-state index contributed by atoms with van der Waals surface area (Å²) in [4.78, 5) is 13.4. The SMILES string of the molecule is Cc1ccc(C)c(-n2nnnc2S[C@@H](C(=O)Nc2cc(C(F)(F)F)ccc2Cl)c2ccccc2)c1. The highest BCUT2D eigenvalue weighted by atomic mass is 35.5. The van der Waals surface area contributed by atoms with E-state index in [1.165, 1.54) is 4.68 Å². The number of nitrogens with zero attached hydrogens (tertiary/aromatic N) is 4. The van der Waals surface area contributed by atoms with Crippen LogP contribution >= 0.6 is 23.4 Å². The van der Waals surface area contributed by atoms with Gasteiger partial charge in [-0.1, -0.05) is 65.8 Å². The lowest BCUT2D eigenvalue weighted by molar-refractivity contribution is -0.137. The lowest BCUT2D eigenvalue weighted by atomic mass is 10.1. The van der Waals surface area contributed by atoms with Crippen LogP contribution in [0.4, 0.5) is 18.9 Å². The fourth-order valence-electron chi connectivity index (χ4n) is 3.35. The van der Waals surface area contributed by atoms with Gasteiger partial charge in [-0.3, -0.25) is 4.79 Å². The lowest BCUT2D eigenvalue weighted by Gasteiger charge is -2.18. The minimum Gasteiger partial charge on any atom is -0.323 e. The maximum Gasteiger partial charge on any atom is 0.416 e. The number of tetrazole rings is 1. The van der Waals surface area contributed by atoms with E-state index in [-0.39, 0.29) is 10.7 Å². The molecule has 11 heteroatoms. The summed E-state index contributed by atoms with van der Waals surface area (Å²) in [6.07, 6.45) is -4.58. The van der Waals surface area contributed by atoms with Crippen LogP contribution in [0.2, 0.25) is 5.02 Å². The fourth-order valence-corrected chi connectivity index (χ4v) is 4.51. The van der Waals surface area contributed by atoms with E-state index in [0.29, 0.717) is 10.7 Å². The Morgan fingerprint density at radius 1 is 1.06 bits per heavy atom. The van der Waals surface area contributed by atoms with Crippen molar-refractivity contribution in [3.63, 3.8) is 0 Å². The molecule has 0 aliphatic rings. The van der Waals surface area contributed by atoms with Gasteiger partial charge in [0.15, 0.2) is 0 Å². The molecule has 0 aliphatic carbocycles. The first-order chi connectivity index (χ1) is 16.6. The van der Waals surface area contributed by atoms with E-state index in [0.717, 1.165) is 46.8 Å². The first-order valence-electron chi connectivity index (χ1n) is 10.4. The number of benzene rings is 3. The molecule has 0 aliphatic heterocycles. The number of aromatic nitrogens is 4. The van der Waals surface area contributed by atoms with Gasteiger partial charge in [-0.25, -0.2) is 0 Å². The van der Waals surface area contributed by atoms with Crippen LogP contribution in [0.5, 0.6) is 0 Å². The maximum absolute atomic E-state index is 13.4. The maximum atomic E-state index is 13.4. The van der Waals surface area contributed by atoms with Gasteiger partial charge in [-0.2, -0.15) is 17.9 Å². The second-order valence-corrected chi connectivity index (χ2v) is 9.23. The third-order valence-corrected chi connectivity index (χ3v) is 6.67. The summed E-state index contributed by atoms with van der Waals surface area (Å²) in [5.74, 6) is -0.571. The molecule has 180 valence electrons. The number of amides is 1. The predicted octanol–water partition coefficient (Wildman–Crippen LogP) is 6.42. The van der Waals surface area contributed by atoms with Crippen LogP contribution in [-0.4, -0.2) is 26.1 Å². The van der Waals surface area contributed by atoms with E-state index >= 15 is 0 Å². The van der Waals surface area contributed by atoms with Crippen molar-refractivity contribution in [2.75, 3.05) is 5.32 Å². The zero-order chi connectivity index (χ0) is 25.2. The highest BCUT2D eigenvalue weighted by Crippen LogP contribution is 2.38. The van der Waals surface area contributed by atoms with Gasteiger partial charge in [0.05, 0.1) is 22.0 Å². The van der Waals surface area contributed by atoms with Crippen LogP contribution in [0, 0.1) is 13.8 Å². The third kappa shape index (κ3) is 5.66. The molecule has 0 bridgehead atoms. The van der Waals surface area contributed by atoms with Crippen LogP contribution in [-0.2, 0) is 11.0 Å². The Kier molecular flexibility index (Phi) is 7.13. The van der Waals surface area contributed by atoms with Crippen molar-refractivity contribution < 1.29 is 18.0 Å². The first kappa shape index (κ1) is 24.7. The van der Waals surface area contributed by atoms with Crippen molar-refractivity contribution in [3.05, 3.63) is 94.0 Å². The molecule has 1 amide bonds. The van der Waals surface area contributed by atoms with Gasteiger partial charge in [-0.05, 0) is 65.2 Å².